The van der Waals surface area contributed by atoms with Crippen molar-refractivity contribution in [3.05, 3.63) is 53.3 Å². The zero-order valence-corrected chi connectivity index (χ0v) is 12.5. The van der Waals surface area contributed by atoms with E-state index in [0.717, 1.165) is 0 Å². The Morgan fingerprint density at radius 3 is 2.35 bits per heavy atom. The van der Waals surface area contributed by atoms with Gasteiger partial charge in [0.15, 0.2) is 0 Å². The summed E-state index contributed by atoms with van der Waals surface area (Å²) >= 11 is 0. The number of hydrogen-bond acceptors (Lipinski definition) is 3. The lowest BCUT2D eigenvalue weighted by atomic mass is 10.2. The van der Waals surface area contributed by atoms with Gasteiger partial charge in [0, 0.05) is 0 Å². The predicted octanol–water partition coefficient (Wildman–Crippen LogP) is 3.66. The Balaban J connectivity index is 2.49. The van der Waals surface area contributed by atoms with Gasteiger partial charge in [-0.05, 0) is 36.8 Å². The van der Waals surface area contributed by atoms with Gasteiger partial charge in [-0.2, -0.15) is 13.2 Å². The molecule has 0 atom stereocenters. The lowest BCUT2D eigenvalue weighted by molar-refractivity contribution is -0.140. The van der Waals surface area contributed by atoms with Crippen molar-refractivity contribution in [1.82, 2.24) is 0 Å². The van der Waals surface area contributed by atoms with Crippen LogP contribution in [0.2, 0.25) is 0 Å². The highest BCUT2D eigenvalue weighted by Crippen LogP contribution is 2.34. The average Bonchev–Trinajstić information content (AvgIpc) is 2.42. The molecule has 2 aromatic rings. The van der Waals surface area contributed by atoms with Crippen LogP contribution in [-0.2, 0) is 16.2 Å². The second kappa shape index (κ2) is 5.73. The van der Waals surface area contributed by atoms with Gasteiger partial charge in [-0.15, -0.1) is 0 Å². The van der Waals surface area contributed by atoms with E-state index in [-0.39, 0.29) is 17.5 Å². The number of aromatic hydroxyl groups is 1. The molecule has 0 amide bonds. The summed E-state index contributed by atoms with van der Waals surface area (Å²) in [5, 5.41) is 9.66. The molecule has 0 saturated heterocycles. The number of alkyl halides is 3. The van der Waals surface area contributed by atoms with E-state index in [2.05, 4.69) is 0 Å². The van der Waals surface area contributed by atoms with Crippen LogP contribution in [0.1, 0.15) is 11.1 Å². The molecule has 0 unspecified atom stereocenters. The molecule has 2 rings (SSSR count). The molecule has 0 aliphatic rings. The van der Waals surface area contributed by atoms with Gasteiger partial charge in [0.05, 0.1) is 16.1 Å². The molecule has 2 aromatic carbocycles. The molecule has 0 fully saturated rings. The largest absolute Gasteiger partial charge is 0.506 e. The van der Waals surface area contributed by atoms with Crippen molar-refractivity contribution in [2.75, 3.05) is 4.72 Å². The third-order valence-electron chi connectivity index (χ3n) is 3.04. The van der Waals surface area contributed by atoms with Crippen molar-refractivity contribution in [2.45, 2.75) is 18.0 Å². The summed E-state index contributed by atoms with van der Waals surface area (Å²) < 4.78 is 77.6. The quantitative estimate of drug-likeness (QED) is 0.656. The van der Waals surface area contributed by atoms with Gasteiger partial charge in [0.1, 0.15) is 11.6 Å². The molecular formula is C14H11F4NO3S. The summed E-state index contributed by atoms with van der Waals surface area (Å²) in [6.45, 7) is 1.50. The van der Waals surface area contributed by atoms with Crippen LogP contribution in [-0.4, -0.2) is 13.5 Å². The normalized spacial score (nSPS) is 12.2. The third-order valence-corrected chi connectivity index (χ3v) is 4.39. The molecule has 124 valence electrons. The first-order chi connectivity index (χ1) is 10.5. The minimum absolute atomic E-state index is 0.162. The summed E-state index contributed by atoms with van der Waals surface area (Å²) in [4.78, 5) is -0.770. The number of phenolic OH excluding ortho intramolecular Hbond substituents is 1. The fourth-order valence-electron chi connectivity index (χ4n) is 1.87. The Bertz CT molecular complexity index is 827. The molecule has 0 aliphatic heterocycles. The second-order valence-corrected chi connectivity index (χ2v) is 6.40. The Labute approximate surface area is 129 Å². The molecule has 9 heteroatoms. The first-order valence-corrected chi connectivity index (χ1v) is 7.69. The van der Waals surface area contributed by atoms with Crippen molar-refractivity contribution < 1.29 is 31.1 Å². The third kappa shape index (κ3) is 3.55. The number of aryl methyl sites for hydroxylation is 1. The second-order valence-electron chi connectivity index (χ2n) is 4.71. The fourth-order valence-corrected chi connectivity index (χ4v) is 3.04. The maximum atomic E-state index is 13.2. The zero-order chi connectivity index (χ0) is 17.4. The maximum Gasteiger partial charge on any atom is 0.419 e. The van der Waals surface area contributed by atoms with E-state index in [1.54, 1.807) is 0 Å². The highest BCUT2D eigenvalue weighted by molar-refractivity contribution is 7.92. The first-order valence-electron chi connectivity index (χ1n) is 6.20. The van der Waals surface area contributed by atoms with E-state index < -0.39 is 32.5 Å². The van der Waals surface area contributed by atoms with Crippen LogP contribution in [0.15, 0.2) is 41.3 Å². The minimum Gasteiger partial charge on any atom is -0.506 e. The molecule has 0 radical (unpaired) electrons. The summed E-state index contributed by atoms with van der Waals surface area (Å²) in [6, 6.07) is 5.53. The molecule has 0 spiro atoms. The van der Waals surface area contributed by atoms with Gasteiger partial charge >= 0.3 is 6.18 Å². The number of sulfonamides is 1. The minimum atomic E-state index is -5.03. The number of phenols is 1. The molecule has 0 aliphatic carbocycles. The molecule has 0 heterocycles. The van der Waals surface area contributed by atoms with E-state index in [1.165, 1.54) is 25.1 Å². The topological polar surface area (TPSA) is 66.4 Å². The van der Waals surface area contributed by atoms with E-state index in [9.17, 15) is 31.1 Å². The van der Waals surface area contributed by atoms with Crippen LogP contribution in [0.25, 0.3) is 0 Å². The standard InChI is InChI=1S/C14H11F4NO3S/c1-8-3-2-4-12(20)13(8)19-23(21,22)9-5-6-11(15)10(7-9)14(16,17)18/h2-7,19-20H,1H3. The van der Waals surface area contributed by atoms with Crippen LogP contribution in [0.4, 0.5) is 23.2 Å². The first kappa shape index (κ1) is 17.1. The van der Waals surface area contributed by atoms with Crippen LogP contribution in [0.5, 0.6) is 5.75 Å². The number of para-hydroxylation sites is 1. The number of rotatable bonds is 3. The molecule has 2 N–H and O–H groups in total. The van der Waals surface area contributed by atoms with E-state index in [0.29, 0.717) is 17.7 Å². The van der Waals surface area contributed by atoms with Gasteiger partial charge in [-0.25, -0.2) is 12.8 Å². The van der Waals surface area contributed by atoms with E-state index in [1.807, 2.05) is 4.72 Å². The summed E-state index contributed by atoms with van der Waals surface area (Å²) in [6.07, 6.45) is -5.03. The lowest BCUT2D eigenvalue weighted by Crippen LogP contribution is -2.16. The monoisotopic (exact) mass is 349 g/mol. The number of halogens is 4. The highest BCUT2D eigenvalue weighted by Gasteiger charge is 2.35. The lowest BCUT2D eigenvalue weighted by Gasteiger charge is -2.14. The number of hydrogen-bond donors (Lipinski definition) is 2. The number of nitrogens with one attached hydrogen (secondary N) is 1. The molecule has 0 aromatic heterocycles. The molecule has 0 bridgehead atoms. The Kier molecular flexibility index (Phi) is 4.25. The van der Waals surface area contributed by atoms with Gasteiger partial charge in [-0.1, -0.05) is 12.1 Å². The van der Waals surface area contributed by atoms with Gasteiger partial charge in [0.2, 0.25) is 0 Å². The number of anilines is 1. The predicted molar refractivity (Wildman–Crippen MR) is 75.1 cm³/mol. The maximum absolute atomic E-state index is 13.2. The summed E-state index contributed by atoms with van der Waals surface area (Å²) in [7, 11) is -4.43. The van der Waals surface area contributed by atoms with Gasteiger partial charge in [-0.3, -0.25) is 4.72 Å². The summed E-state index contributed by atoms with van der Waals surface area (Å²) in [5.74, 6) is -1.96. The van der Waals surface area contributed by atoms with Crippen molar-refractivity contribution in [3.8, 4) is 5.75 Å². The van der Waals surface area contributed by atoms with Crippen LogP contribution >= 0.6 is 0 Å². The Morgan fingerprint density at radius 1 is 1.13 bits per heavy atom. The smallest absolute Gasteiger partial charge is 0.419 e. The molecule has 4 nitrogen and oxygen atoms in total. The fraction of sp³-hybridized carbons (Fsp3) is 0.143. The van der Waals surface area contributed by atoms with Crippen LogP contribution in [0, 0.1) is 12.7 Å². The SMILES string of the molecule is Cc1cccc(O)c1NS(=O)(=O)c1ccc(F)c(C(F)(F)F)c1. The van der Waals surface area contributed by atoms with Crippen molar-refractivity contribution in [3.63, 3.8) is 0 Å². The van der Waals surface area contributed by atoms with Crippen molar-refractivity contribution >= 4 is 15.7 Å². The van der Waals surface area contributed by atoms with E-state index in [4.69, 9.17) is 0 Å². The number of benzene rings is 2. The molecule has 0 saturated carbocycles. The zero-order valence-electron chi connectivity index (χ0n) is 11.6. The van der Waals surface area contributed by atoms with Crippen molar-refractivity contribution in [2.24, 2.45) is 0 Å². The summed E-state index contributed by atoms with van der Waals surface area (Å²) in [5.41, 5.74) is -1.48. The molecular weight excluding hydrogens is 338 g/mol. The Hall–Kier alpha value is -2.29. The van der Waals surface area contributed by atoms with Crippen LogP contribution in [0.3, 0.4) is 0 Å². The van der Waals surface area contributed by atoms with Gasteiger partial charge < -0.3 is 5.11 Å². The van der Waals surface area contributed by atoms with Crippen molar-refractivity contribution in [1.29, 1.82) is 0 Å². The average molecular weight is 349 g/mol. The van der Waals surface area contributed by atoms with Gasteiger partial charge in [0.25, 0.3) is 10.0 Å². The highest BCUT2D eigenvalue weighted by atomic mass is 32.2. The van der Waals surface area contributed by atoms with Crippen LogP contribution < -0.4 is 4.72 Å². The Morgan fingerprint density at radius 2 is 1.78 bits per heavy atom. The molecule has 23 heavy (non-hydrogen) atoms. The van der Waals surface area contributed by atoms with E-state index >= 15 is 0 Å².